The highest BCUT2D eigenvalue weighted by Crippen LogP contribution is 2.27. The van der Waals surface area contributed by atoms with E-state index in [9.17, 15) is 0 Å². The molecule has 0 saturated carbocycles. The summed E-state index contributed by atoms with van der Waals surface area (Å²) in [4.78, 5) is 0. The molecule has 1 nitrogen and oxygen atoms in total. The summed E-state index contributed by atoms with van der Waals surface area (Å²) >= 11 is 0. The lowest BCUT2D eigenvalue weighted by Gasteiger charge is -2.17. The van der Waals surface area contributed by atoms with Crippen LogP contribution in [0.4, 0.5) is 0 Å². The van der Waals surface area contributed by atoms with Gasteiger partial charge in [0.2, 0.25) is 0 Å². The minimum Gasteiger partial charge on any atom is -0.396 e. The molecule has 0 radical (unpaired) electrons. The lowest BCUT2D eigenvalue weighted by Crippen LogP contribution is -2.00. The maximum absolute atomic E-state index is 9.05. The number of benzene rings is 1. The van der Waals surface area contributed by atoms with Crippen molar-refractivity contribution in [2.24, 2.45) is 0 Å². The molecule has 1 atom stereocenters. The van der Waals surface area contributed by atoms with E-state index in [1.165, 1.54) is 56.9 Å². The van der Waals surface area contributed by atoms with E-state index in [1.54, 1.807) is 0 Å². The van der Waals surface area contributed by atoms with Crippen molar-refractivity contribution in [3.05, 3.63) is 35.9 Å². The van der Waals surface area contributed by atoms with Gasteiger partial charge in [0, 0.05) is 6.61 Å². The van der Waals surface area contributed by atoms with Crippen LogP contribution in [-0.4, -0.2) is 11.7 Å². The van der Waals surface area contributed by atoms with Gasteiger partial charge < -0.3 is 5.11 Å². The van der Waals surface area contributed by atoms with Crippen LogP contribution in [0, 0.1) is 0 Å². The van der Waals surface area contributed by atoms with E-state index in [4.69, 9.17) is 5.11 Å². The molecule has 20 heavy (non-hydrogen) atoms. The molecule has 0 aliphatic rings. The summed E-state index contributed by atoms with van der Waals surface area (Å²) in [6.07, 6.45) is 12.9. The van der Waals surface area contributed by atoms with Crippen LogP contribution >= 0.6 is 0 Å². The highest BCUT2D eigenvalue weighted by atomic mass is 16.2. The molecule has 0 heterocycles. The fourth-order valence-corrected chi connectivity index (χ4v) is 2.89. The van der Waals surface area contributed by atoms with Crippen molar-refractivity contribution in [3.63, 3.8) is 0 Å². The van der Waals surface area contributed by atoms with E-state index < -0.39 is 0 Å². The van der Waals surface area contributed by atoms with Crippen LogP contribution in [0.15, 0.2) is 30.3 Å². The van der Waals surface area contributed by atoms with Crippen molar-refractivity contribution in [2.75, 3.05) is 6.61 Å². The smallest absolute Gasteiger partial charge is 0.0431 e. The van der Waals surface area contributed by atoms with Gasteiger partial charge in [0.15, 0.2) is 0 Å². The van der Waals surface area contributed by atoms with Crippen LogP contribution in [0.2, 0.25) is 0 Å². The Hall–Kier alpha value is -0.820. The molecular weight excluding hydrogens is 244 g/mol. The highest BCUT2D eigenvalue weighted by Gasteiger charge is 2.10. The molecule has 0 bridgehead atoms. The van der Waals surface area contributed by atoms with E-state index in [0.717, 1.165) is 12.8 Å². The Kier molecular flexibility index (Phi) is 10.3. The van der Waals surface area contributed by atoms with E-state index in [0.29, 0.717) is 12.5 Å². The van der Waals surface area contributed by atoms with Gasteiger partial charge in [-0.05, 0) is 30.7 Å². The molecule has 0 aromatic heterocycles. The average Bonchev–Trinajstić information content (AvgIpc) is 2.50. The molecule has 0 spiro atoms. The number of aliphatic hydroxyl groups excluding tert-OH is 1. The quantitative estimate of drug-likeness (QED) is 0.487. The molecule has 0 aliphatic heterocycles. The predicted molar refractivity (Wildman–Crippen MR) is 88.1 cm³/mol. The third-order valence-electron chi connectivity index (χ3n) is 4.14. The molecule has 0 amide bonds. The van der Waals surface area contributed by atoms with Gasteiger partial charge in [-0.25, -0.2) is 0 Å². The van der Waals surface area contributed by atoms with Gasteiger partial charge in [0.1, 0.15) is 0 Å². The van der Waals surface area contributed by atoms with E-state index in [1.807, 2.05) is 0 Å². The summed E-state index contributed by atoms with van der Waals surface area (Å²) in [6.45, 7) is 2.59. The molecule has 1 rings (SSSR count). The van der Waals surface area contributed by atoms with E-state index in [-0.39, 0.29) is 0 Å². The number of hydrogen-bond acceptors (Lipinski definition) is 1. The van der Waals surface area contributed by atoms with Crippen LogP contribution < -0.4 is 0 Å². The van der Waals surface area contributed by atoms with E-state index >= 15 is 0 Å². The Balaban J connectivity index is 2.24. The largest absolute Gasteiger partial charge is 0.396 e. The van der Waals surface area contributed by atoms with Gasteiger partial charge in [-0.15, -0.1) is 0 Å². The monoisotopic (exact) mass is 276 g/mol. The van der Waals surface area contributed by atoms with Gasteiger partial charge in [-0.3, -0.25) is 0 Å². The SMILES string of the molecule is CCCCCCCCCC(CCCO)c1ccccc1. The summed E-state index contributed by atoms with van der Waals surface area (Å²) < 4.78 is 0. The normalized spacial score (nSPS) is 12.5. The Bertz CT molecular complexity index is 307. The lowest BCUT2D eigenvalue weighted by molar-refractivity contribution is 0.277. The van der Waals surface area contributed by atoms with Crippen LogP contribution in [0.5, 0.6) is 0 Å². The summed E-state index contributed by atoms with van der Waals surface area (Å²) in [5.41, 5.74) is 1.45. The Morgan fingerprint density at radius 3 is 2.05 bits per heavy atom. The zero-order valence-corrected chi connectivity index (χ0v) is 13.2. The first-order valence-corrected chi connectivity index (χ1v) is 8.54. The maximum Gasteiger partial charge on any atom is 0.0431 e. The number of unbranched alkanes of at least 4 members (excludes halogenated alkanes) is 6. The molecule has 1 aromatic carbocycles. The number of hydrogen-bond donors (Lipinski definition) is 1. The molecule has 1 heteroatoms. The standard InChI is InChI=1S/C19H32O/c1-2-3-4-5-6-7-9-13-19(16-12-17-20)18-14-10-8-11-15-18/h8,10-11,14-15,19-20H,2-7,9,12-13,16-17H2,1H3. The first-order valence-electron chi connectivity index (χ1n) is 8.54. The van der Waals surface area contributed by atoms with Crippen LogP contribution in [0.3, 0.4) is 0 Å². The Labute approximate surface area is 125 Å². The molecule has 0 aliphatic carbocycles. The second-order valence-corrected chi connectivity index (χ2v) is 5.88. The van der Waals surface area contributed by atoms with Crippen LogP contribution in [-0.2, 0) is 0 Å². The molecule has 1 unspecified atom stereocenters. The van der Waals surface area contributed by atoms with Gasteiger partial charge in [-0.1, -0.05) is 82.2 Å². The van der Waals surface area contributed by atoms with E-state index in [2.05, 4.69) is 37.3 Å². The summed E-state index contributed by atoms with van der Waals surface area (Å²) in [5.74, 6) is 0.638. The summed E-state index contributed by atoms with van der Waals surface area (Å²) in [6, 6.07) is 10.8. The fraction of sp³-hybridized carbons (Fsp3) is 0.684. The fourth-order valence-electron chi connectivity index (χ4n) is 2.89. The van der Waals surface area contributed by atoms with Crippen molar-refractivity contribution in [1.82, 2.24) is 0 Å². The molecule has 0 saturated heterocycles. The van der Waals surface area contributed by atoms with Crippen molar-refractivity contribution >= 4 is 0 Å². The zero-order chi connectivity index (χ0) is 14.5. The van der Waals surface area contributed by atoms with Crippen LogP contribution in [0.25, 0.3) is 0 Å². The molecule has 0 fully saturated rings. The van der Waals surface area contributed by atoms with Gasteiger partial charge in [0.25, 0.3) is 0 Å². The second kappa shape index (κ2) is 12.0. The van der Waals surface area contributed by atoms with Crippen LogP contribution in [0.1, 0.15) is 82.6 Å². The van der Waals surface area contributed by atoms with Gasteiger partial charge in [0.05, 0.1) is 0 Å². The third-order valence-corrected chi connectivity index (χ3v) is 4.14. The van der Waals surface area contributed by atoms with Crippen molar-refractivity contribution in [1.29, 1.82) is 0 Å². The third kappa shape index (κ3) is 7.69. The average molecular weight is 276 g/mol. The van der Waals surface area contributed by atoms with Crippen molar-refractivity contribution in [2.45, 2.75) is 77.0 Å². The van der Waals surface area contributed by atoms with Gasteiger partial charge >= 0.3 is 0 Å². The number of aliphatic hydroxyl groups is 1. The minimum absolute atomic E-state index is 0.320. The highest BCUT2D eigenvalue weighted by molar-refractivity contribution is 5.19. The predicted octanol–water partition coefficient (Wildman–Crippen LogP) is 5.68. The first-order chi connectivity index (χ1) is 9.88. The lowest BCUT2D eigenvalue weighted by atomic mass is 9.89. The second-order valence-electron chi connectivity index (χ2n) is 5.88. The molecule has 1 aromatic rings. The maximum atomic E-state index is 9.05. The summed E-state index contributed by atoms with van der Waals surface area (Å²) in [5, 5.41) is 9.05. The Morgan fingerprint density at radius 1 is 0.800 bits per heavy atom. The molecule has 1 N–H and O–H groups in total. The zero-order valence-electron chi connectivity index (χ0n) is 13.2. The van der Waals surface area contributed by atoms with Crippen molar-refractivity contribution < 1.29 is 5.11 Å². The Morgan fingerprint density at radius 2 is 1.40 bits per heavy atom. The van der Waals surface area contributed by atoms with Crippen molar-refractivity contribution in [3.8, 4) is 0 Å². The van der Waals surface area contributed by atoms with Gasteiger partial charge in [-0.2, -0.15) is 0 Å². The number of rotatable bonds is 12. The molecule has 114 valence electrons. The first kappa shape index (κ1) is 17.2. The molecular formula is C19H32O. The topological polar surface area (TPSA) is 20.2 Å². The minimum atomic E-state index is 0.320. The summed E-state index contributed by atoms with van der Waals surface area (Å²) in [7, 11) is 0.